The van der Waals surface area contributed by atoms with Gasteiger partial charge in [-0.05, 0) is 65.8 Å². The monoisotopic (exact) mass is 455 g/mol. The van der Waals surface area contributed by atoms with E-state index >= 15 is 0 Å². The maximum absolute atomic E-state index is 13.1. The fourth-order valence-electron chi connectivity index (χ4n) is 3.27. The van der Waals surface area contributed by atoms with Crippen molar-refractivity contribution in [2.45, 2.75) is 19.4 Å². The average Bonchev–Trinajstić information content (AvgIpc) is 2.81. The molecule has 3 aromatic rings. The van der Waals surface area contributed by atoms with Crippen molar-refractivity contribution in [2.24, 2.45) is 0 Å². The Morgan fingerprint density at radius 2 is 1.94 bits per heavy atom. The van der Waals surface area contributed by atoms with Gasteiger partial charge in [-0.2, -0.15) is 11.8 Å². The summed E-state index contributed by atoms with van der Waals surface area (Å²) >= 11 is 1.55. The van der Waals surface area contributed by atoms with Crippen LogP contribution in [0.5, 0.6) is 0 Å². The summed E-state index contributed by atoms with van der Waals surface area (Å²) < 4.78 is 0. The van der Waals surface area contributed by atoms with Crippen LogP contribution in [0.15, 0.2) is 61.1 Å². The number of carboxylic acids is 1. The number of hydrogen-bond donors (Lipinski definition) is 2. The molecular weight excluding hydrogens is 429 g/mol. The predicted molar refractivity (Wildman–Crippen MR) is 131 cm³/mol. The van der Waals surface area contributed by atoms with E-state index in [1.54, 1.807) is 36.4 Å². The number of hydrogen-bond acceptors (Lipinski definition) is 5. The molecule has 0 spiro atoms. The molecule has 1 aromatic heterocycles. The fourth-order valence-corrected chi connectivity index (χ4v) is 3.74. The molecule has 1 heterocycles. The number of aliphatic carboxylic acids is 1. The summed E-state index contributed by atoms with van der Waals surface area (Å²) in [6.07, 6.45) is 10.9. The molecule has 0 aliphatic carbocycles. The van der Waals surface area contributed by atoms with E-state index in [-0.39, 0.29) is 20.3 Å². The third kappa shape index (κ3) is 7.33. The second-order valence-corrected chi connectivity index (χ2v) is 8.21. The summed E-state index contributed by atoms with van der Waals surface area (Å²) in [5, 5.41) is 12.2. The first-order chi connectivity index (χ1) is 15.5. The average molecular weight is 456 g/mol. The Morgan fingerprint density at radius 1 is 1.15 bits per heavy atom. The maximum Gasteiger partial charge on any atom is 1.00 e. The number of carboxylic acid groups (broad SMARTS) is 1. The predicted octanol–water partition coefficient (Wildman–Crippen LogP) is 1.68. The number of nitrogens with zero attached hydrogens (tertiary/aromatic N) is 2. The van der Waals surface area contributed by atoms with Gasteiger partial charge in [0, 0.05) is 18.0 Å². The molecule has 0 saturated carbocycles. The zero-order valence-electron chi connectivity index (χ0n) is 20.0. The van der Waals surface area contributed by atoms with E-state index in [1.807, 2.05) is 61.7 Å². The number of amides is 1. The molecule has 1 unspecified atom stereocenters. The molecule has 0 bridgehead atoms. The van der Waals surface area contributed by atoms with E-state index in [9.17, 15) is 14.7 Å². The van der Waals surface area contributed by atoms with Crippen LogP contribution in [-0.2, 0) is 4.79 Å². The minimum Gasteiger partial charge on any atom is -1.00 e. The molecule has 3 rings (SSSR count). The standard InChI is InChI=1S/C25H25N3O3S.Li.H/c1-17-5-3-4-6-20(17)22-15-18(7-9-19-16-26-12-13-27-19)8-10-21(22)24(29)28-23(25(30)31)11-14-32-2;;/h3-10,12-13,15-16,23H,11,14H2,1-2H3,(H,28,29)(H,30,31);;/q;+1;-1/b9-7+;;. The van der Waals surface area contributed by atoms with Crippen LogP contribution < -0.4 is 24.2 Å². The molecular formula is C25H26LiN3O3S. The molecule has 0 aliphatic heterocycles. The van der Waals surface area contributed by atoms with E-state index in [0.29, 0.717) is 17.7 Å². The van der Waals surface area contributed by atoms with Gasteiger partial charge in [-0.15, -0.1) is 0 Å². The maximum atomic E-state index is 13.1. The number of carbonyl (C=O) groups is 2. The molecule has 1 atom stereocenters. The van der Waals surface area contributed by atoms with E-state index in [4.69, 9.17) is 0 Å². The van der Waals surface area contributed by atoms with Crippen molar-refractivity contribution in [1.29, 1.82) is 0 Å². The molecule has 0 saturated heterocycles. The number of aryl methyl sites for hydroxylation is 1. The number of carbonyl (C=O) groups excluding carboxylic acids is 1. The van der Waals surface area contributed by atoms with Crippen LogP contribution >= 0.6 is 11.8 Å². The van der Waals surface area contributed by atoms with Crippen molar-refractivity contribution in [3.05, 3.63) is 83.4 Å². The van der Waals surface area contributed by atoms with Gasteiger partial charge < -0.3 is 11.8 Å². The van der Waals surface area contributed by atoms with Gasteiger partial charge in [0.1, 0.15) is 6.04 Å². The number of aromatic nitrogens is 2. The van der Waals surface area contributed by atoms with Crippen LogP contribution in [0.2, 0.25) is 0 Å². The van der Waals surface area contributed by atoms with Crippen molar-refractivity contribution < 1.29 is 35.0 Å². The molecule has 0 aliphatic rings. The normalized spacial score (nSPS) is 11.6. The van der Waals surface area contributed by atoms with Crippen molar-refractivity contribution in [3.63, 3.8) is 0 Å². The zero-order valence-corrected chi connectivity index (χ0v) is 19.8. The van der Waals surface area contributed by atoms with Crippen LogP contribution in [0.25, 0.3) is 23.3 Å². The third-order valence-electron chi connectivity index (χ3n) is 4.97. The van der Waals surface area contributed by atoms with Crippen LogP contribution in [0, 0.1) is 6.92 Å². The van der Waals surface area contributed by atoms with E-state index in [1.165, 1.54) is 0 Å². The summed E-state index contributed by atoms with van der Waals surface area (Å²) in [5.74, 6) is -0.789. The second kappa shape index (κ2) is 13.0. The molecule has 2 N–H and O–H groups in total. The van der Waals surface area contributed by atoms with Gasteiger partial charge >= 0.3 is 24.8 Å². The minimum absolute atomic E-state index is 0. The molecule has 0 fully saturated rings. The molecule has 6 nitrogen and oxygen atoms in total. The quantitative estimate of drug-likeness (QED) is 0.477. The smallest absolute Gasteiger partial charge is 1.00 e. The Labute approximate surface area is 211 Å². The largest absolute Gasteiger partial charge is 1.00 e. The first-order valence-electron chi connectivity index (χ1n) is 10.2. The van der Waals surface area contributed by atoms with Crippen molar-refractivity contribution >= 4 is 35.8 Å². The number of benzene rings is 2. The van der Waals surface area contributed by atoms with Crippen molar-refractivity contribution in [1.82, 2.24) is 15.3 Å². The number of rotatable bonds is 9. The summed E-state index contributed by atoms with van der Waals surface area (Å²) in [6.45, 7) is 1.98. The Bertz CT molecular complexity index is 1130. The van der Waals surface area contributed by atoms with E-state index in [0.717, 1.165) is 27.9 Å². The van der Waals surface area contributed by atoms with Crippen molar-refractivity contribution in [2.75, 3.05) is 12.0 Å². The summed E-state index contributed by atoms with van der Waals surface area (Å²) in [5.41, 5.74) is 4.74. The first-order valence-corrected chi connectivity index (χ1v) is 11.6. The Hall–Kier alpha value is -2.85. The van der Waals surface area contributed by atoms with Gasteiger partial charge in [0.15, 0.2) is 0 Å². The molecule has 33 heavy (non-hydrogen) atoms. The molecule has 8 heteroatoms. The SMILES string of the molecule is CSCCC(NC(=O)c1ccc(/C=C/c2cnccn2)cc1-c1ccccc1C)C(=O)O.[H-].[Li+]. The summed E-state index contributed by atoms with van der Waals surface area (Å²) in [6, 6.07) is 12.4. The Kier molecular flexibility index (Phi) is 10.4. The van der Waals surface area contributed by atoms with Gasteiger partial charge in [-0.3, -0.25) is 14.8 Å². The Balaban J connectivity index is 0.00000289. The van der Waals surface area contributed by atoms with Crippen LogP contribution in [0.4, 0.5) is 0 Å². The molecule has 2 aromatic carbocycles. The summed E-state index contributed by atoms with van der Waals surface area (Å²) in [4.78, 5) is 33.0. The van der Waals surface area contributed by atoms with Gasteiger partial charge in [-0.25, -0.2) is 4.79 Å². The molecule has 1 amide bonds. The third-order valence-corrected chi connectivity index (χ3v) is 5.61. The van der Waals surface area contributed by atoms with Crippen LogP contribution in [0.3, 0.4) is 0 Å². The minimum atomic E-state index is -1.03. The van der Waals surface area contributed by atoms with E-state index < -0.39 is 17.9 Å². The van der Waals surface area contributed by atoms with Crippen LogP contribution in [0.1, 0.15) is 35.0 Å². The topological polar surface area (TPSA) is 92.2 Å². The molecule has 166 valence electrons. The Morgan fingerprint density at radius 3 is 2.61 bits per heavy atom. The zero-order chi connectivity index (χ0) is 22.9. The number of nitrogens with one attached hydrogen (secondary N) is 1. The van der Waals surface area contributed by atoms with Gasteiger partial charge in [-0.1, -0.05) is 36.4 Å². The fraction of sp³-hybridized carbons (Fsp3) is 0.200. The number of thioether (sulfide) groups is 1. The van der Waals surface area contributed by atoms with Gasteiger partial charge in [0.2, 0.25) is 0 Å². The van der Waals surface area contributed by atoms with Crippen molar-refractivity contribution in [3.8, 4) is 11.1 Å². The summed E-state index contributed by atoms with van der Waals surface area (Å²) in [7, 11) is 0. The first kappa shape index (κ1) is 26.4. The van der Waals surface area contributed by atoms with E-state index in [2.05, 4.69) is 15.3 Å². The van der Waals surface area contributed by atoms with Crippen LogP contribution in [-0.4, -0.2) is 45.0 Å². The van der Waals surface area contributed by atoms with Gasteiger partial charge in [0.25, 0.3) is 5.91 Å². The van der Waals surface area contributed by atoms with Gasteiger partial charge in [0.05, 0.1) is 11.9 Å². The second-order valence-electron chi connectivity index (χ2n) is 7.23. The molecule has 0 radical (unpaired) electrons.